The Balaban J connectivity index is 1.27. The molecule has 2 aliphatic rings. The maximum Gasteiger partial charge on any atom is 0.254 e. The molecule has 2 N–H and O–H groups in total. The quantitative estimate of drug-likeness (QED) is 0.498. The number of amides is 2. The van der Waals surface area contributed by atoms with Crippen molar-refractivity contribution in [3.05, 3.63) is 42.2 Å². The Bertz CT molecular complexity index is 1070. The minimum absolute atomic E-state index is 0.185. The van der Waals surface area contributed by atoms with E-state index in [0.717, 1.165) is 44.3 Å². The van der Waals surface area contributed by atoms with Crippen molar-refractivity contribution in [1.29, 1.82) is 0 Å². The average molecular weight is 526 g/mol. The van der Waals surface area contributed by atoms with Gasteiger partial charge in [-0.1, -0.05) is 26.0 Å². The second-order valence-corrected chi connectivity index (χ2v) is 10.6. The van der Waals surface area contributed by atoms with Crippen LogP contribution in [0.5, 0.6) is 5.75 Å². The summed E-state index contributed by atoms with van der Waals surface area (Å²) in [5.41, 5.74) is 5.72. The van der Waals surface area contributed by atoms with Gasteiger partial charge in [0.15, 0.2) is 11.6 Å². The Kier molecular flexibility index (Phi) is 9.31. The number of nitrogens with two attached hydrogens (primary N) is 1. The number of alkyl halides is 1. The molecule has 9 heteroatoms. The summed E-state index contributed by atoms with van der Waals surface area (Å²) in [6.07, 6.45) is 8.80. The standard InChI is InChI=1S/C29H40FN5O3/c1-3-29(30,4-2)20-34-15-12-21(13-16-34)19-38-24-17-32-27(33-18-24)22-8-10-23(11-9-22)28(37)35-14-6-5-7-25(35)26(31)36/h8-11,17-18,21,25H,3-7,12-16,19-20H2,1-2H3,(H2,31,36). The summed E-state index contributed by atoms with van der Waals surface area (Å²) in [6, 6.07) is 6.54. The molecule has 0 saturated carbocycles. The summed E-state index contributed by atoms with van der Waals surface area (Å²) in [6.45, 7) is 7.29. The number of carbonyl (C=O) groups is 2. The highest BCUT2D eigenvalue weighted by molar-refractivity contribution is 5.97. The maximum atomic E-state index is 14.7. The zero-order valence-electron chi connectivity index (χ0n) is 22.6. The van der Waals surface area contributed by atoms with Gasteiger partial charge in [0.1, 0.15) is 11.7 Å². The van der Waals surface area contributed by atoms with E-state index in [1.807, 2.05) is 26.0 Å². The van der Waals surface area contributed by atoms with Crippen LogP contribution in [0, 0.1) is 5.92 Å². The van der Waals surface area contributed by atoms with Crippen LogP contribution in [0.1, 0.15) is 69.2 Å². The Morgan fingerprint density at radius 1 is 1.03 bits per heavy atom. The molecule has 2 saturated heterocycles. The predicted molar refractivity (Wildman–Crippen MR) is 144 cm³/mol. The van der Waals surface area contributed by atoms with E-state index in [2.05, 4.69) is 14.9 Å². The molecule has 3 heterocycles. The summed E-state index contributed by atoms with van der Waals surface area (Å²) in [4.78, 5) is 37.4. The lowest BCUT2D eigenvalue weighted by Gasteiger charge is -2.36. The number of nitrogens with zero attached hydrogens (tertiary/aromatic N) is 4. The molecule has 1 aromatic carbocycles. The van der Waals surface area contributed by atoms with Crippen LogP contribution in [0.3, 0.4) is 0 Å². The van der Waals surface area contributed by atoms with Crippen LogP contribution in [-0.2, 0) is 4.79 Å². The molecule has 1 unspecified atom stereocenters. The van der Waals surface area contributed by atoms with E-state index < -0.39 is 17.6 Å². The number of primary amides is 1. The molecule has 0 aliphatic carbocycles. The second kappa shape index (κ2) is 12.7. The summed E-state index contributed by atoms with van der Waals surface area (Å²) >= 11 is 0. The van der Waals surface area contributed by atoms with Crippen molar-refractivity contribution >= 4 is 11.8 Å². The Morgan fingerprint density at radius 3 is 2.29 bits per heavy atom. The monoisotopic (exact) mass is 525 g/mol. The average Bonchev–Trinajstić information content (AvgIpc) is 2.96. The van der Waals surface area contributed by atoms with Gasteiger partial charge in [-0.15, -0.1) is 0 Å². The van der Waals surface area contributed by atoms with Gasteiger partial charge in [-0.05, 0) is 76.1 Å². The number of rotatable bonds is 10. The first-order valence-electron chi connectivity index (χ1n) is 13.9. The molecule has 206 valence electrons. The molecule has 0 spiro atoms. The Labute approximate surface area is 224 Å². The summed E-state index contributed by atoms with van der Waals surface area (Å²) in [5.74, 6) is 0.949. The van der Waals surface area contributed by atoms with Crippen LogP contribution in [0.2, 0.25) is 0 Å². The minimum Gasteiger partial charge on any atom is -0.490 e. The molecule has 1 aromatic heterocycles. The number of piperidine rings is 2. The van der Waals surface area contributed by atoms with Gasteiger partial charge in [-0.2, -0.15) is 0 Å². The molecule has 1 atom stereocenters. The highest BCUT2D eigenvalue weighted by atomic mass is 19.1. The number of aromatic nitrogens is 2. The van der Waals surface area contributed by atoms with Crippen LogP contribution in [0.4, 0.5) is 4.39 Å². The van der Waals surface area contributed by atoms with Crippen molar-refractivity contribution in [2.75, 3.05) is 32.8 Å². The van der Waals surface area contributed by atoms with Crippen molar-refractivity contribution in [3.63, 3.8) is 0 Å². The number of halogens is 1. The highest BCUT2D eigenvalue weighted by Gasteiger charge is 2.32. The fourth-order valence-corrected chi connectivity index (χ4v) is 5.34. The van der Waals surface area contributed by atoms with Gasteiger partial charge in [0, 0.05) is 24.2 Å². The number of hydrogen-bond acceptors (Lipinski definition) is 6. The molecule has 2 aliphatic heterocycles. The van der Waals surface area contributed by atoms with Gasteiger partial charge in [0.05, 0.1) is 19.0 Å². The molecular weight excluding hydrogens is 485 g/mol. The highest BCUT2D eigenvalue weighted by Crippen LogP contribution is 2.26. The summed E-state index contributed by atoms with van der Waals surface area (Å²) in [5, 5.41) is 0. The zero-order chi connectivity index (χ0) is 27.1. The van der Waals surface area contributed by atoms with Gasteiger partial charge in [-0.3, -0.25) is 9.59 Å². The third-order valence-electron chi connectivity index (χ3n) is 8.08. The van der Waals surface area contributed by atoms with Crippen molar-refractivity contribution in [2.45, 2.75) is 70.5 Å². The van der Waals surface area contributed by atoms with Crippen molar-refractivity contribution < 1.29 is 18.7 Å². The third kappa shape index (κ3) is 6.87. The van der Waals surface area contributed by atoms with Gasteiger partial charge in [0.25, 0.3) is 5.91 Å². The van der Waals surface area contributed by atoms with E-state index >= 15 is 0 Å². The zero-order valence-corrected chi connectivity index (χ0v) is 22.6. The molecule has 38 heavy (non-hydrogen) atoms. The fourth-order valence-electron chi connectivity index (χ4n) is 5.34. The topological polar surface area (TPSA) is 102 Å². The van der Waals surface area contributed by atoms with Gasteiger partial charge >= 0.3 is 0 Å². The van der Waals surface area contributed by atoms with Crippen LogP contribution in [0.15, 0.2) is 36.7 Å². The first kappa shape index (κ1) is 28.0. The van der Waals surface area contributed by atoms with Gasteiger partial charge < -0.3 is 20.3 Å². The van der Waals surface area contributed by atoms with Crippen molar-refractivity contribution in [1.82, 2.24) is 19.8 Å². The second-order valence-electron chi connectivity index (χ2n) is 10.6. The summed E-state index contributed by atoms with van der Waals surface area (Å²) in [7, 11) is 0. The van der Waals surface area contributed by atoms with E-state index in [9.17, 15) is 14.0 Å². The van der Waals surface area contributed by atoms with E-state index in [1.54, 1.807) is 29.4 Å². The molecule has 2 aromatic rings. The lowest BCUT2D eigenvalue weighted by molar-refractivity contribution is -0.123. The SMILES string of the molecule is CCC(F)(CC)CN1CCC(COc2cnc(-c3ccc(C(=O)N4CCCCC4C(N)=O)cc3)nc2)CC1. The van der Waals surface area contributed by atoms with Gasteiger partial charge in [0.2, 0.25) is 5.91 Å². The van der Waals surface area contributed by atoms with E-state index in [-0.39, 0.29) is 5.91 Å². The number of likely N-dealkylation sites (tertiary alicyclic amines) is 2. The first-order chi connectivity index (χ1) is 18.3. The number of benzene rings is 1. The summed E-state index contributed by atoms with van der Waals surface area (Å²) < 4.78 is 20.7. The fraction of sp³-hybridized carbons (Fsp3) is 0.586. The largest absolute Gasteiger partial charge is 0.490 e. The normalized spacial score (nSPS) is 19.3. The van der Waals surface area contributed by atoms with Crippen LogP contribution in [-0.4, -0.2) is 76.1 Å². The molecule has 0 bridgehead atoms. The van der Waals surface area contributed by atoms with Crippen LogP contribution in [0.25, 0.3) is 11.4 Å². The lowest BCUT2D eigenvalue weighted by Crippen LogP contribution is -2.50. The lowest BCUT2D eigenvalue weighted by atomic mass is 9.94. The molecule has 8 nitrogen and oxygen atoms in total. The van der Waals surface area contributed by atoms with Crippen molar-refractivity contribution in [2.24, 2.45) is 11.7 Å². The van der Waals surface area contributed by atoms with Gasteiger partial charge in [-0.25, -0.2) is 14.4 Å². The van der Waals surface area contributed by atoms with E-state index in [1.165, 1.54) is 0 Å². The van der Waals surface area contributed by atoms with E-state index in [4.69, 9.17) is 10.5 Å². The molecule has 2 amide bonds. The molecule has 4 rings (SSSR count). The third-order valence-corrected chi connectivity index (χ3v) is 8.08. The smallest absolute Gasteiger partial charge is 0.254 e. The molecular formula is C29H40FN5O3. The molecule has 0 radical (unpaired) electrons. The van der Waals surface area contributed by atoms with Crippen molar-refractivity contribution in [3.8, 4) is 17.1 Å². The predicted octanol–water partition coefficient (Wildman–Crippen LogP) is 4.24. The number of carbonyl (C=O) groups excluding carboxylic acids is 2. The van der Waals surface area contributed by atoms with E-state index in [0.29, 0.717) is 62.0 Å². The van der Waals surface area contributed by atoms with Crippen LogP contribution < -0.4 is 10.5 Å². The number of ether oxygens (including phenoxy) is 1. The Morgan fingerprint density at radius 2 is 1.68 bits per heavy atom. The van der Waals surface area contributed by atoms with Crippen LogP contribution >= 0.6 is 0 Å². The first-order valence-corrected chi connectivity index (χ1v) is 13.9. The Hall–Kier alpha value is -3.07. The number of hydrogen-bond donors (Lipinski definition) is 1. The minimum atomic E-state index is -1.08. The molecule has 2 fully saturated rings. The maximum absolute atomic E-state index is 14.7.